The Labute approximate surface area is 151 Å². The number of thiophene rings is 1. The van der Waals surface area contributed by atoms with E-state index in [1.807, 2.05) is 20.0 Å². The molecule has 0 unspecified atom stereocenters. The number of aliphatic imine (C=N–C) groups is 1. The molecule has 0 amide bonds. The lowest BCUT2D eigenvalue weighted by atomic mass is 10.4. The summed E-state index contributed by atoms with van der Waals surface area (Å²) in [5.41, 5.74) is 0. The second-order valence-electron chi connectivity index (χ2n) is 5.04. The average Bonchev–Trinajstić information content (AvgIpc) is 2.85. The van der Waals surface area contributed by atoms with Crippen molar-refractivity contribution in [3.8, 4) is 0 Å². The van der Waals surface area contributed by atoms with E-state index in [0.717, 1.165) is 22.8 Å². The highest BCUT2D eigenvalue weighted by atomic mass is 79.9. The minimum absolute atomic E-state index is 0.0456. The normalized spacial score (nSPS) is 12.4. The summed E-state index contributed by atoms with van der Waals surface area (Å²) in [6.45, 7) is 4.69. The average molecular weight is 426 g/mol. The molecule has 0 atom stereocenters. The molecule has 0 aliphatic carbocycles. The molecule has 0 saturated carbocycles. The quantitative estimate of drug-likeness (QED) is 0.372. The van der Waals surface area contributed by atoms with Crippen molar-refractivity contribution in [3.05, 3.63) is 20.8 Å². The van der Waals surface area contributed by atoms with Gasteiger partial charge in [-0.15, -0.1) is 11.3 Å². The third-order valence-corrected chi connectivity index (χ3v) is 5.33. The van der Waals surface area contributed by atoms with Gasteiger partial charge >= 0.3 is 0 Å². The molecule has 0 aliphatic heterocycles. The third kappa shape index (κ3) is 9.29. The van der Waals surface area contributed by atoms with Crippen molar-refractivity contribution in [1.29, 1.82) is 0 Å². The Morgan fingerprint density at radius 3 is 2.74 bits per heavy atom. The molecule has 132 valence electrons. The molecule has 1 aromatic heterocycles. The first-order valence-corrected chi connectivity index (χ1v) is 11.0. The molecule has 1 aromatic rings. The predicted molar refractivity (Wildman–Crippen MR) is 100.0 cm³/mol. The molecule has 9 heteroatoms. The monoisotopic (exact) mass is 425 g/mol. The Hall–Kier alpha value is -0.640. The van der Waals surface area contributed by atoms with E-state index in [2.05, 4.69) is 37.2 Å². The number of rotatable bonds is 9. The van der Waals surface area contributed by atoms with E-state index in [1.165, 1.54) is 11.1 Å². The number of hydrogen-bond acceptors (Lipinski definition) is 5. The van der Waals surface area contributed by atoms with E-state index >= 15 is 0 Å². The summed E-state index contributed by atoms with van der Waals surface area (Å²) in [5, 5.41) is 3.24. The minimum atomic E-state index is -2.97. The molecule has 23 heavy (non-hydrogen) atoms. The molecule has 0 radical (unpaired) electrons. The van der Waals surface area contributed by atoms with Crippen LogP contribution in [0.25, 0.3) is 0 Å². The molecule has 0 spiro atoms. The minimum Gasteiger partial charge on any atom is -0.378 e. The predicted octanol–water partition coefficient (Wildman–Crippen LogP) is 1.97. The number of halogens is 1. The molecule has 0 fully saturated rings. The van der Waals surface area contributed by atoms with Gasteiger partial charge in [0.25, 0.3) is 0 Å². The van der Waals surface area contributed by atoms with Crippen LogP contribution in [0.15, 0.2) is 20.9 Å². The van der Waals surface area contributed by atoms with Crippen LogP contribution in [0.3, 0.4) is 0 Å². The smallest absolute Gasteiger partial charge is 0.194 e. The molecule has 0 aromatic carbocycles. The van der Waals surface area contributed by atoms with Crippen LogP contribution in [0, 0.1) is 0 Å². The fourth-order valence-electron chi connectivity index (χ4n) is 1.74. The van der Waals surface area contributed by atoms with Gasteiger partial charge in [-0.3, -0.25) is 4.99 Å². The fraction of sp³-hybridized carbons (Fsp3) is 0.643. The number of sulfone groups is 1. The maximum atomic E-state index is 11.0. The van der Waals surface area contributed by atoms with Gasteiger partial charge in [0.2, 0.25) is 0 Å². The van der Waals surface area contributed by atoms with Crippen LogP contribution in [0.1, 0.15) is 11.8 Å². The molecule has 0 saturated heterocycles. The van der Waals surface area contributed by atoms with Crippen molar-refractivity contribution < 1.29 is 13.2 Å². The van der Waals surface area contributed by atoms with Crippen LogP contribution in [-0.2, 0) is 21.1 Å². The summed E-state index contributed by atoms with van der Waals surface area (Å²) in [6, 6.07) is 4.12. The van der Waals surface area contributed by atoms with Gasteiger partial charge in [-0.05, 0) is 35.0 Å². The van der Waals surface area contributed by atoms with E-state index in [9.17, 15) is 8.42 Å². The first-order chi connectivity index (χ1) is 10.8. The molecular formula is C14H24BrN3O3S2. The Morgan fingerprint density at radius 1 is 1.43 bits per heavy atom. The van der Waals surface area contributed by atoms with Crippen LogP contribution < -0.4 is 5.32 Å². The summed E-state index contributed by atoms with van der Waals surface area (Å²) in [6.07, 6.45) is 1.20. The lowest BCUT2D eigenvalue weighted by molar-refractivity contribution is 0.157. The third-order valence-electron chi connectivity index (χ3n) is 2.81. The van der Waals surface area contributed by atoms with Crippen LogP contribution in [0.5, 0.6) is 0 Å². The number of hydrogen-bond donors (Lipinski definition) is 1. The second kappa shape index (κ2) is 10.3. The molecule has 6 nitrogen and oxygen atoms in total. The first kappa shape index (κ1) is 20.4. The van der Waals surface area contributed by atoms with Gasteiger partial charge in [0.05, 0.1) is 35.8 Å². The van der Waals surface area contributed by atoms with Crippen molar-refractivity contribution in [2.75, 3.05) is 45.4 Å². The largest absolute Gasteiger partial charge is 0.378 e. The van der Waals surface area contributed by atoms with Crippen LogP contribution in [0.2, 0.25) is 0 Å². The van der Waals surface area contributed by atoms with Gasteiger partial charge in [-0.2, -0.15) is 0 Å². The van der Waals surface area contributed by atoms with E-state index in [1.54, 1.807) is 11.3 Å². The van der Waals surface area contributed by atoms with Crippen molar-refractivity contribution in [3.63, 3.8) is 0 Å². The van der Waals surface area contributed by atoms with E-state index in [-0.39, 0.29) is 12.4 Å². The summed E-state index contributed by atoms with van der Waals surface area (Å²) in [5.74, 6) is 0.855. The van der Waals surface area contributed by atoms with E-state index in [0.29, 0.717) is 13.2 Å². The van der Waals surface area contributed by atoms with Crippen molar-refractivity contribution >= 4 is 43.1 Å². The SMILES string of the molecule is CCNC(=NCCOCCS(C)(=O)=O)N(C)Cc1ccc(Br)s1. The molecule has 1 rings (SSSR count). The van der Waals surface area contributed by atoms with Gasteiger partial charge in [0, 0.05) is 24.7 Å². The van der Waals surface area contributed by atoms with Gasteiger partial charge in [-0.1, -0.05) is 0 Å². The highest BCUT2D eigenvalue weighted by Crippen LogP contribution is 2.22. The molecular weight excluding hydrogens is 402 g/mol. The Kier molecular flexibility index (Phi) is 9.11. The van der Waals surface area contributed by atoms with Gasteiger partial charge < -0.3 is 15.0 Å². The van der Waals surface area contributed by atoms with Crippen LogP contribution >= 0.6 is 27.3 Å². The highest BCUT2D eigenvalue weighted by molar-refractivity contribution is 9.11. The van der Waals surface area contributed by atoms with E-state index < -0.39 is 9.84 Å². The van der Waals surface area contributed by atoms with Gasteiger partial charge in [0.15, 0.2) is 5.96 Å². The topological polar surface area (TPSA) is 71.0 Å². The molecule has 1 heterocycles. The zero-order valence-corrected chi connectivity index (χ0v) is 16.9. The summed E-state index contributed by atoms with van der Waals surface area (Å²) in [4.78, 5) is 7.80. The maximum absolute atomic E-state index is 11.0. The van der Waals surface area contributed by atoms with Gasteiger partial charge in [0.1, 0.15) is 9.84 Å². The lowest BCUT2D eigenvalue weighted by Gasteiger charge is -2.21. The summed E-state index contributed by atoms with van der Waals surface area (Å²) < 4.78 is 28.4. The van der Waals surface area contributed by atoms with E-state index in [4.69, 9.17) is 4.74 Å². The Morgan fingerprint density at radius 2 is 2.17 bits per heavy atom. The number of guanidine groups is 1. The second-order valence-corrected chi connectivity index (χ2v) is 9.85. The standard InChI is InChI=1S/C14H24BrN3O3S2/c1-4-16-14(17-7-8-21-9-10-23(3,19)20)18(2)11-12-5-6-13(15)22-12/h5-6H,4,7-11H2,1-3H3,(H,16,17). The summed E-state index contributed by atoms with van der Waals surface area (Å²) in [7, 11) is -0.981. The number of nitrogens with zero attached hydrogens (tertiary/aromatic N) is 2. The molecule has 1 N–H and O–H groups in total. The van der Waals surface area contributed by atoms with Crippen molar-refractivity contribution in [2.24, 2.45) is 4.99 Å². The fourth-order valence-corrected chi connectivity index (χ4v) is 3.70. The Balaban J connectivity index is 2.42. The van der Waals surface area contributed by atoms with Gasteiger partial charge in [-0.25, -0.2) is 8.42 Å². The highest BCUT2D eigenvalue weighted by Gasteiger charge is 2.08. The van der Waals surface area contributed by atoms with Crippen molar-refractivity contribution in [1.82, 2.24) is 10.2 Å². The number of nitrogens with one attached hydrogen (secondary N) is 1. The zero-order chi connectivity index (χ0) is 17.3. The summed E-state index contributed by atoms with van der Waals surface area (Å²) >= 11 is 5.16. The zero-order valence-electron chi connectivity index (χ0n) is 13.7. The molecule has 0 bridgehead atoms. The van der Waals surface area contributed by atoms with Crippen LogP contribution in [0.4, 0.5) is 0 Å². The van der Waals surface area contributed by atoms with Crippen molar-refractivity contribution in [2.45, 2.75) is 13.5 Å². The maximum Gasteiger partial charge on any atom is 0.194 e. The number of ether oxygens (including phenoxy) is 1. The van der Waals surface area contributed by atoms with Crippen LogP contribution in [-0.4, -0.2) is 64.6 Å². The molecule has 0 aliphatic rings. The lowest BCUT2D eigenvalue weighted by Crippen LogP contribution is -2.38. The Bertz CT molecular complexity index is 602. The first-order valence-electron chi connectivity index (χ1n) is 7.31.